The molecule has 0 unspecified atom stereocenters. The Kier molecular flexibility index (Phi) is 5.16. The van der Waals surface area contributed by atoms with Gasteiger partial charge in [-0.25, -0.2) is 4.98 Å². The summed E-state index contributed by atoms with van der Waals surface area (Å²) in [5.41, 5.74) is 7.23. The van der Waals surface area contributed by atoms with Crippen molar-refractivity contribution in [3.63, 3.8) is 0 Å². The SMILES string of the molecule is Cc1ccc(-c2cc(C(=O)N3C[C@H](C)C[C@H](C)C3)c3cccc(C)c3n2)cc1C. The fourth-order valence-corrected chi connectivity index (χ4v) is 4.62. The number of amides is 1. The summed E-state index contributed by atoms with van der Waals surface area (Å²) in [5, 5.41) is 0.952. The van der Waals surface area contributed by atoms with Crippen LogP contribution in [-0.2, 0) is 0 Å². The molecule has 29 heavy (non-hydrogen) atoms. The van der Waals surface area contributed by atoms with Crippen molar-refractivity contribution < 1.29 is 4.79 Å². The summed E-state index contributed by atoms with van der Waals surface area (Å²) in [6, 6.07) is 14.5. The predicted octanol–water partition coefficient (Wildman–Crippen LogP) is 5.95. The van der Waals surface area contributed by atoms with Crippen molar-refractivity contribution in [3.05, 3.63) is 64.7 Å². The quantitative estimate of drug-likeness (QED) is 0.546. The molecule has 0 N–H and O–H groups in total. The Labute approximate surface area is 173 Å². The molecule has 1 fully saturated rings. The molecule has 0 spiro atoms. The van der Waals surface area contributed by atoms with Crippen LogP contribution in [0.1, 0.15) is 47.3 Å². The van der Waals surface area contributed by atoms with E-state index in [2.05, 4.69) is 58.9 Å². The van der Waals surface area contributed by atoms with Gasteiger partial charge in [0.2, 0.25) is 0 Å². The minimum atomic E-state index is 0.131. The molecule has 1 amide bonds. The van der Waals surface area contributed by atoms with E-state index in [1.807, 2.05) is 23.1 Å². The van der Waals surface area contributed by atoms with Gasteiger partial charge >= 0.3 is 0 Å². The number of rotatable bonds is 2. The maximum absolute atomic E-state index is 13.6. The lowest BCUT2D eigenvalue weighted by Crippen LogP contribution is -2.42. The highest BCUT2D eigenvalue weighted by molar-refractivity contribution is 6.07. The van der Waals surface area contributed by atoms with Crippen molar-refractivity contribution in [2.75, 3.05) is 13.1 Å². The van der Waals surface area contributed by atoms with Gasteiger partial charge in [-0.2, -0.15) is 0 Å². The lowest BCUT2D eigenvalue weighted by Gasteiger charge is -2.35. The highest BCUT2D eigenvalue weighted by atomic mass is 16.2. The number of carbonyl (C=O) groups excluding carboxylic acids is 1. The number of piperidine rings is 1. The van der Waals surface area contributed by atoms with Gasteiger partial charge in [-0.15, -0.1) is 0 Å². The lowest BCUT2D eigenvalue weighted by atomic mass is 9.91. The zero-order chi connectivity index (χ0) is 20.7. The van der Waals surface area contributed by atoms with E-state index in [0.717, 1.165) is 46.4 Å². The summed E-state index contributed by atoms with van der Waals surface area (Å²) in [7, 11) is 0. The summed E-state index contributed by atoms with van der Waals surface area (Å²) < 4.78 is 0. The van der Waals surface area contributed by atoms with E-state index in [0.29, 0.717) is 11.8 Å². The summed E-state index contributed by atoms with van der Waals surface area (Å²) >= 11 is 0. The maximum Gasteiger partial charge on any atom is 0.254 e. The second-order valence-electron chi connectivity index (χ2n) is 8.98. The van der Waals surface area contributed by atoms with Gasteiger partial charge in [-0.3, -0.25) is 4.79 Å². The molecule has 1 aliphatic heterocycles. The number of para-hydroxylation sites is 1. The first-order chi connectivity index (χ1) is 13.8. The van der Waals surface area contributed by atoms with Crippen LogP contribution in [0.2, 0.25) is 0 Å². The Hall–Kier alpha value is -2.68. The molecule has 1 saturated heterocycles. The van der Waals surface area contributed by atoms with Crippen LogP contribution in [0.5, 0.6) is 0 Å². The first-order valence-electron chi connectivity index (χ1n) is 10.6. The number of hydrogen-bond donors (Lipinski definition) is 0. The van der Waals surface area contributed by atoms with Crippen LogP contribution in [0, 0.1) is 32.6 Å². The van der Waals surface area contributed by atoms with Crippen molar-refractivity contribution >= 4 is 16.8 Å². The van der Waals surface area contributed by atoms with Crippen LogP contribution in [0.15, 0.2) is 42.5 Å². The van der Waals surface area contributed by atoms with Gasteiger partial charge in [0, 0.05) is 24.0 Å². The number of carbonyl (C=O) groups is 1. The van der Waals surface area contributed by atoms with Crippen LogP contribution in [0.3, 0.4) is 0 Å². The highest BCUT2D eigenvalue weighted by Gasteiger charge is 2.27. The molecule has 1 aliphatic rings. The Morgan fingerprint density at radius 1 is 0.931 bits per heavy atom. The summed E-state index contributed by atoms with van der Waals surface area (Å²) in [4.78, 5) is 20.6. The average molecular weight is 387 g/mol. The van der Waals surface area contributed by atoms with Gasteiger partial charge in [0.05, 0.1) is 16.8 Å². The van der Waals surface area contributed by atoms with Crippen LogP contribution in [-0.4, -0.2) is 28.9 Å². The Morgan fingerprint density at radius 2 is 1.66 bits per heavy atom. The molecule has 0 bridgehead atoms. The smallest absolute Gasteiger partial charge is 0.254 e. The number of benzene rings is 2. The zero-order valence-corrected chi connectivity index (χ0v) is 18.1. The Bertz CT molecular complexity index is 1080. The second-order valence-corrected chi connectivity index (χ2v) is 8.98. The maximum atomic E-state index is 13.6. The molecule has 3 heteroatoms. The molecule has 2 atom stereocenters. The summed E-state index contributed by atoms with van der Waals surface area (Å²) in [5.74, 6) is 1.21. The van der Waals surface area contributed by atoms with E-state index in [1.54, 1.807) is 0 Å². The standard InChI is InChI=1S/C26H30N2O/c1-16-11-17(2)15-28(14-16)26(29)23-13-24(21-10-9-18(3)20(5)12-21)27-25-19(4)7-6-8-22(23)25/h6-10,12-13,16-17H,11,14-15H2,1-5H3/t16-,17+. The van der Waals surface area contributed by atoms with Crippen molar-refractivity contribution in [1.29, 1.82) is 0 Å². The van der Waals surface area contributed by atoms with Gasteiger partial charge in [-0.05, 0) is 67.9 Å². The number of likely N-dealkylation sites (tertiary alicyclic amines) is 1. The Morgan fingerprint density at radius 3 is 2.34 bits per heavy atom. The molecule has 4 rings (SSSR count). The van der Waals surface area contributed by atoms with Crippen LogP contribution >= 0.6 is 0 Å². The normalized spacial score (nSPS) is 19.6. The van der Waals surface area contributed by atoms with Crippen LogP contribution < -0.4 is 0 Å². The number of aryl methyl sites for hydroxylation is 3. The average Bonchev–Trinajstić information content (AvgIpc) is 2.68. The first-order valence-corrected chi connectivity index (χ1v) is 10.6. The third-order valence-corrected chi connectivity index (χ3v) is 6.23. The fourth-order valence-electron chi connectivity index (χ4n) is 4.62. The number of nitrogens with zero attached hydrogens (tertiary/aromatic N) is 2. The molecule has 2 aromatic carbocycles. The van der Waals surface area contributed by atoms with Gasteiger partial charge in [0.15, 0.2) is 0 Å². The molecular weight excluding hydrogens is 356 g/mol. The first kappa shape index (κ1) is 19.6. The third kappa shape index (κ3) is 3.78. The van der Waals surface area contributed by atoms with Crippen molar-refractivity contribution in [2.45, 2.75) is 41.0 Å². The molecule has 3 aromatic rings. The predicted molar refractivity (Wildman–Crippen MR) is 120 cm³/mol. The van der Waals surface area contributed by atoms with E-state index in [4.69, 9.17) is 4.98 Å². The summed E-state index contributed by atoms with van der Waals surface area (Å²) in [6.07, 6.45) is 1.19. The third-order valence-electron chi connectivity index (χ3n) is 6.23. The fraction of sp³-hybridized carbons (Fsp3) is 0.385. The molecule has 0 aliphatic carbocycles. The van der Waals surface area contributed by atoms with E-state index in [9.17, 15) is 4.79 Å². The van der Waals surface area contributed by atoms with Gasteiger partial charge in [-0.1, -0.05) is 44.2 Å². The van der Waals surface area contributed by atoms with Gasteiger partial charge in [0.25, 0.3) is 5.91 Å². The molecule has 1 aromatic heterocycles. The monoisotopic (exact) mass is 386 g/mol. The Balaban J connectivity index is 1.87. The number of aromatic nitrogens is 1. The van der Waals surface area contributed by atoms with Crippen LogP contribution in [0.25, 0.3) is 22.2 Å². The lowest BCUT2D eigenvalue weighted by molar-refractivity contribution is 0.0625. The largest absolute Gasteiger partial charge is 0.338 e. The number of fused-ring (bicyclic) bond motifs is 1. The van der Waals surface area contributed by atoms with Crippen molar-refractivity contribution in [3.8, 4) is 11.3 Å². The minimum absolute atomic E-state index is 0.131. The van der Waals surface area contributed by atoms with E-state index in [-0.39, 0.29) is 5.91 Å². The van der Waals surface area contributed by atoms with E-state index < -0.39 is 0 Å². The molecular formula is C26H30N2O. The summed E-state index contributed by atoms with van der Waals surface area (Å²) in [6.45, 7) is 12.4. The molecule has 0 radical (unpaired) electrons. The van der Waals surface area contributed by atoms with Gasteiger partial charge in [0.1, 0.15) is 0 Å². The van der Waals surface area contributed by atoms with Gasteiger partial charge < -0.3 is 4.90 Å². The van der Waals surface area contributed by atoms with Crippen molar-refractivity contribution in [1.82, 2.24) is 9.88 Å². The van der Waals surface area contributed by atoms with Crippen molar-refractivity contribution in [2.24, 2.45) is 11.8 Å². The molecule has 2 heterocycles. The molecule has 0 saturated carbocycles. The van der Waals surface area contributed by atoms with E-state index >= 15 is 0 Å². The second kappa shape index (κ2) is 7.62. The number of pyridine rings is 1. The topological polar surface area (TPSA) is 33.2 Å². The zero-order valence-electron chi connectivity index (χ0n) is 18.1. The molecule has 150 valence electrons. The van der Waals surface area contributed by atoms with Crippen LogP contribution in [0.4, 0.5) is 0 Å². The molecule has 3 nitrogen and oxygen atoms in total. The minimum Gasteiger partial charge on any atom is -0.338 e. The highest BCUT2D eigenvalue weighted by Crippen LogP contribution is 2.30. The number of hydrogen-bond acceptors (Lipinski definition) is 2. The van der Waals surface area contributed by atoms with E-state index in [1.165, 1.54) is 17.5 Å².